The summed E-state index contributed by atoms with van der Waals surface area (Å²) in [6.07, 6.45) is 2.28. The van der Waals surface area contributed by atoms with Crippen molar-refractivity contribution in [2.45, 2.75) is 32.7 Å². The van der Waals surface area contributed by atoms with Gasteiger partial charge in [0, 0.05) is 19.1 Å². The van der Waals surface area contributed by atoms with Gasteiger partial charge in [0.1, 0.15) is 0 Å². The van der Waals surface area contributed by atoms with Gasteiger partial charge in [-0.05, 0) is 26.3 Å². The number of nitrogens with zero attached hydrogens (tertiary/aromatic N) is 1. The highest BCUT2D eigenvalue weighted by atomic mass is 16.7. The fourth-order valence-corrected chi connectivity index (χ4v) is 1.40. The second-order valence-electron chi connectivity index (χ2n) is 3.43. The van der Waals surface area contributed by atoms with Crippen LogP contribution in [-0.2, 0) is 4.84 Å². The van der Waals surface area contributed by atoms with Crippen molar-refractivity contribution in [3.8, 4) is 0 Å². The topological polar surface area (TPSA) is 24.5 Å². The van der Waals surface area contributed by atoms with Crippen LogP contribution in [0.2, 0.25) is 0 Å². The molecule has 0 saturated carbocycles. The Bertz CT molecular complexity index is 119. The Hall–Kier alpha value is -0.120. The van der Waals surface area contributed by atoms with E-state index in [-0.39, 0.29) is 0 Å². The van der Waals surface area contributed by atoms with Gasteiger partial charge in [0.15, 0.2) is 0 Å². The molecule has 3 heteroatoms. The van der Waals surface area contributed by atoms with Crippen molar-refractivity contribution in [3.63, 3.8) is 0 Å². The normalized spacial score (nSPS) is 27.0. The molecule has 3 nitrogen and oxygen atoms in total. The summed E-state index contributed by atoms with van der Waals surface area (Å²) < 4.78 is 0. The Balaban J connectivity index is 2.21. The van der Waals surface area contributed by atoms with Crippen molar-refractivity contribution in [1.29, 1.82) is 0 Å². The van der Waals surface area contributed by atoms with Crippen LogP contribution in [0.4, 0.5) is 0 Å². The van der Waals surface area contributed by atoms with E-state index in [1.807, 2.05) is 0 Å². The van der Waals surface area contributed by atoms with Crippen molar-refractivity contribution in [3.05, 3.63) is 0 Å². The molecule has 0 aromatic rings. The van der Waals surface area contributed by atoms with E-state index in [1.54, 1.807) is 0 Å². The molecule has 1 N–H and O–H groups in total. The third-order valence-corrected chi connectivity index (χ3v) is 2.03. The van der Waals surface area contributed by atoms with E-state index in [4.69, 9.17) is 4.84 Å². The van der Waals surface area contributed by atoms with Crippen molar-refractivity contribution in [2.24, 2.45) is 0 Å². The van der Waals surface area contributed by atoms with E-state index in [0.717, 1.165) is 32.7 Å². The smallest absolute Gasteiger partial charge is 0.0682 e. The average molecular weight is 172 g/mol. The lowest BCUT2D eigenvalue weighted by molar-refractivity contribution is -0.158. The SMILES string of the molecule is CCCON1CCCNC(C)C1. The second kappa shape index (κ2) is 5.51. The molecule has 0 aromatic heterocycles. The largest absolute Gasteiger partial charge is 0.313 e. The molecule has 1 atom stereocenters. The zero-order valence-corrected chi connectivity index (χ0v) is 8.18. The van der Waals surface area contributed by atoms with Gasteiger partial charge in [-0.1, -0.05) is 6.92 Å². The molecule has 0 spiro atoms. The van der Waals surface area contributed by atoms with Crippen LogP contribution in [0.25, 0.3) is 0 Å². The zero-order chi connectivity index (χ0) is 8.81. The molecule has 0 bridgehead atoms. The molecular weight excluding hydrogens is 152 g/mol. The standard InChI is InChI=1S/C9H20N2O/c1-3-7-12-11-6-4-5-10-9(2)8-11/h9-10H,3-8H2,1-2H3. The summed E-state index contributed by atoms with van der Waals surface area (Å²) in [6, 6.07) is 0.560. The van der Waals surface area contributed by atoms with Gasteiger partial charge in [-0.25, -0.2) is 0 Å². The van der Waals surface area contributed by atoms with Gasteiger partial charge in [0.25, 0.3) is 0 Å². The van der Waals surface area contributed by atoms with Crippen LogP contribution in [0.5, 0.6) is 0 Å². The van der Waals surface area contributed by atoms with Crippen LogP contribution in [0.15, 0.2) is 0 Å². The predicted octanol–water partition coefficient (Wildman–Crippen LogP) is 1.01. The average Bonchev–Trinajstić information content (AvgIpc) is 2.26. The fourth-order valence-electron chi connectivity index (χ4n) is 1.40. The summed E-state index contributed by atoms with van der Waals surface area (Å²) in [5, 5.41) is 5.52. The van der Waals surface area contributed by atoms with Crippen molar-refractivity contribution in [2.75, 3.05) is 26.2 Å². The third kappa shape index (κ3) is 3.52. The summed E-state index contributed by atoms with van der Waals surface area (Å²) in [5.74, 6) is 0. The van der Waals surface area contributed by atoms with Gasteiger partial charge in [0.05, 0.1) is 6.61 Å². The minimum Gasteiger partial charge on any atom is -0.313 e. The van der Waals surface area contributed by atoms with Crippen LogP contribution >= 0.6 is 0 Å². The van der Waals surface area contributed by atoms with Gasteiger partial charge < -0.3 is 5.32 Å². The molecule has 1 saturated heterocycles. The first kappa shape index (κ1) is 9.96. The molecule has 1 unspecified atom stereocenters. The second-order valence-corrected chi connectivity index (χ2v) is 3.43. The molecule has 0 aromatic carbocycles. The Labute approximate surface area is 75.0 Å². The first-order valence-electron chi connectivity index (χ1n) is 4.94. The summed E-state index contributed by atoms with van der Waals surface area (Å²) in [6.45, 7) is 8.39. The monoisotopic (exact) mass is 172 g/mol. The van der Waals surface area contributed by atoms with E-state index in [0.29, 0.717) is 6.04 Å². The lowest BCUT2D eigenvalue weighted by Crippen LogP contribution is -2.35. The van der Waals surface area contributed by atoms with Gasteiger partial charge in [-0.3, -0.25) is 4.84 Å². The molecule has 12 heavy (non-hydrogen) atoms. The predicted molar refractivity (Wildman–Crippen MR) is 49.9 cm³/mol. The van der Waals surface area contributed by atoms with E-state index < -0.39 is 0 Å². The highest BCUT2D eigenvalue weighted by Gasteiger charge is 2.13. The first-order chi connectivity index (χ1) is 5.83. The van der Waals surface area contributed by atoms with Crippen LogP contribution < -0.4 is 5.32 Å². The van der Waals surface area contributed by atoms with Crippen LogP contribution in [0, 0.1) is 0 Å². The molecule has 72 valence electrons. The third-order valence-electron chi connectivity index (χ3n) is 2.03. The van der Waals surface area contributed by atoms with E-state index in [2.05, 4.69) is 24.2 Å². The molecular formula is C9H20N2O. The number of nitrogens with one attached hydrogen (secondary N) is 1. The van der Waals surface area contributed by atoms with Gasteiger partial charge in [-0.15, -0.1) is 0 Å². The fraction of sp³-hybridized carbons (Fsp3) is 1.00. The Morgan fingerprint density at radius 2 is 2.42 bits per heavy atom. The van der Waals surface area contributed by atoms with E-state index >= 15 is 0 Å². The molecule has 1 fully saturated rings. The summed E-state index contributed by atoms with van der Waals surface area (Å²) in [7, 11) is 0. The van der Waals surface area contributed by atoms with Gasteiger partial charge >= 0.3 is 0 Å². The maximum absolute atomic E-state index is 5.58. The van der Waals surface area contributed by atoms with Gasteiger partial charge in [0.2, 0.25) is 0 Å². The maximum Gasteiger partial charge on any atom is 0.0682 e. The summed E-state index contributed by atoms with van der Waals surface area (Å²) in [5.41, 5.74) is 0. The minimum absolute atomic E-state index is 0.560. The molecule has 0 amide bonds. The number of hydrogen-bond acceptors (Lipinski definition) is 3. The van der Waals surface area contributed by atoms with Crippen LogP contribution in [0.3, 0.4) is 0 Å². The Morgan fingerprint density at radius 1 is 1.58 bits per heavy atom. The summed E-state index contributed by atoms with van der Waals surface area (Å²) >= 11 is 0. The highest BCUT2D eigenvalue weighted by molar-refractivity contribution is 4.68. The van der Waals surface area contributed by atoms with Crippen molar-refractivity contribution in [1.82, 2.24) is 10.4 Å². The number of hydroxylamine groups is 2. The number of rotatable bonds is 3. The van der Waals surface area contributed by atoms with Gasteiger partial charge in [-0.2, -0.15) is 5.06 Å². The molecule has 0 aliphatic carbocycles. The maximum atomic E-state index is 5.58. The van der Waals surface area contributed by atoms with E-state index in [1.165, 1.54) is 6.42 Å². The molecule has 1 aliphatic heterocycles. The molecule has 1 heterocycles. The highest BCUT2D eigenvalue weighted by Crippen LogP contribution is 2.01. The molecule has 1 aliphatic rings. The van der Waals surface area contributed by atoms with Crippen molar-refractivity contribution >= 4 is 0 Å². The quantitative estimate of drug-likeness (QED) is 0.687. The van der Waals surface area contributed by atoms with Crippen LogP contribution in [0.1, 0.15) is 26.7 Å². The van der Waals surface area contributed by atoms with E-state index in [9.17, 15) is 0 Å². The zero-order valence-electron chi connectivity index (χ0n) is 8.18. The minimum atomic E-state index is 0.560. The summed E-state index contributed by atoms with van der Waals surface area (Å²) in [4.78, 5) is 5.58. The molecule has 0 radical (unpaired) electrons. The Kier molecular flexibility index (Phi) is 4.58. The number of hydrogen-bond donors (Lipinski definition) is 1. The van der Waals surface area contributed by atoms with Crippen molar-refractivity contribution < 1.29 is 4.84 Å². The lowest BCUT2D eigenvalue weighted by Gasteiger charge is -2.21. The first-order valence-corrected chi connectivity index (χ1v) is 4.94. The van der Waals surface area contributed by atoms with Crippen LogP contribution in [-0.4, -0.2) is 37.3 Å². The lowest BCUT2D eigenvalue weighted by atomic mass is 10.3. The Morgan fingerprint density at radius 3 is 3.17 bits per heavy atom. The molecule has 1 rings (SSSR count).